The van der Waals surface area contributed by atoms with Crippen molar-refractivity contribution in [2.75, 3.05) is 13.6 Å². The molecule has 0 saturated carbocycles. The predicted molar refractivity (Wildman–Crippen MR) is 105 cm³/mol. The monoisotopic (exact) mass is 371 g/mol. The van der Waals surface area contributed by atoms with Gasteiger partial charge in [-0.05, 0) is 38.3 Å². The van der Waals surface area contributed by atoms with Gasteiger partial charge in [0.15, 0.2) is 0 Å². The van der Waals surface area contributed by atoms with Gasteiger partial charge in [0, 0.05) is 25.7 Å². The molecule has 1 unspecified atom stereocenters. The van der Waals surface area contributed by atoms with Crippen molar-refractivity contribution in [3.05, 3.63) is 52.3 Å². The standard InChI is InChI=1S/C21H29N3O3/c1-14-6-8-18(9-7-14)13-24-17(4)19(16(3)22-24)10-11-20(25)23(5)12-15(2)21(26)27/h6-9,15H,10-13H2,1-5H3,(H,26,27). The fraction of sp³-hybridized carbons (Fsp3) is 0.476. The highest BCUT2D eigenvalue weighted by molar-refractivity contribution is 5.77. The second-order valence-electron chi connectivity index (χ2n) is 7.31. The maximum absolute atomic E-state index is 12.3. The number of rotatable bonds is 8. The average molecular weight is 371 g/mol. The summed E-state index contributed by atoms with van der Waals surface area (Å²) in [5, 5.41) is 13.6. The molecule has 0 aliphatic heterocycles. The van der Waals surface area contributed by atoms with Gasteiger partial charge in [-0.2, -0.15) is 5.10 Å². The fourth-order valence-corrected chi connectivity index (χ4v) is 3.13. The van der Waals surface area contributed by atoms with Crippen molar-refractivity contribution in [1.29, 1.82) is 0 Å². The van der Waals surface area contributed by atoms with Crippen LogP contribution in [0.2, 0.25) is 0 Å². The van der Waals surface area contributed by atoms with Crippen LogP contribution >= 0.6 is 0 Å². The van der Waals surface area contributed by atoms with Crippen molar-refractivity contribution < 1.29 is 14.7 Å². The number of benzene rings is 1. The highest BCUT2D eigenvalue weighted by Crippen LogP contribution is 2.17. The number of aryl methyl sites for hydroxylation is 2. The van der Waals surface area contributed by atoms with E-state index in [0.29, 0.717) is 19.4 Å². The van der Waals surface area contributed by atoms with Gasteiger partial charge < -0.3 is 10.0 Å². The number of carboxylic acids is 1. The van der Waals surface area contributed by atoms with E-state index in [9.17, 15) is 9.59 Å². The first-order chi connectivity index (χ1) is 12.7. The van der Waals surface area contributed by atoms with Gasteiger partial charge >= 0.3 is 5.97 Å². The molecule has 1 aromatic heterocycles. The number of carbonyl (C=O) groups excluding carboxylic acids is 1. The summed E-state index contributed by atoms with van der Waals surface area (Å²) < 4.78 is 1.98. The van der Waals surface area contributed by atoms with Crippen LogP contribution in [0.4, 0.5) is 0 Å². The van der Waals surface area contributed by atoms with Crippen molar-refractivity contribution >= 4 is 11.9 Å². The topological polar surface area (TPSA) is 75.4 Å². The van der Waals surface area contributed by atoms with E-state index >= 15 is 0 Å². The van der Waals surface area contributed by atoms with Crippen LogP contribution in [0.3, 0.4) is 0 Å². The number of amides is 1. The molecule has 0 bridgehead atoms. The van der Waals surface area contributed by atoms with Gasteiger partial charge in [-0.1, -0.05) is 36.8 Å². The quantitative estimate of drug-likeness (QED) is 0.774. The van der Waals surface area contributed by atoms with E-state index in [1.54, 1.807) is 14.0 Å². The molecule has 1 atom stereocenters. The van der Waals surface area contributed by atoms with Gasteiger partial charge in [-0.25, -0.2) is 0 Å². The zero-order chi connectivity index (χ0) is 20.1. The van der Waals surface area contributed by atoms with E-state index in [1.165, 1.54) is 16.0 Å². The summed E-state index contributed by atoms with van der Waals surface area (Å²) >= 11 is 0. The van der Waals surface area contributed by atoms with Gasteiger partial charge in [0.1, 0.15) is 0 Å². The van der Waals surface area contributed by atoms with Gasteiger partial charge in [0.05, 0.1) is 18.2 Å². The molecule has 1 amide bonds. The Balaban J connectivity index is 2.00. The SMILES string of the molecule is Cc1ccc(Cn2nc(C)c(CCC(=O)N(C)CC(C)C(=O)O)c2C)cc1. The zero-order valence-electron chi connectivity index (χ0n) is 16.8. The molecule has 1 aromatic carbocycles. The molecule has 6 heteroatoms. The van der Waals surface area contributed by atoms with Gasteiger partial charge in [0.25, 0.3) is 0 Å². The van der Waals surface area contributed by atoms with Crippen molar-refractivity contribution in [3.8, 4) is 0 Å². The number of carboxylic acid groups (broad SMARTS) is 1. The van der Waals surface area contributed by atoms with E-state index in [-0.39, 0.29) is 12.5 Å². The van der Waals surface area contributed by atoms with E-state index in [2.05, 4.69) is 36.3 Å². The Bertz CT molecular complexity index is 809. The molecule has 2 aromatic rings. The van der Waals surface area contributed by atoms with Gasteiger partial charge in [-0.3, -0.25) is 14.3 Å². The molecule has 27 heavy (non-hydrogen) atoms. The number of nitrogens with zero attached hydrogens (tertiary/aromatic N) is 3. The highest BCUT2D eigenvalue weighted by atomic mass is 16.4. The van der Waals surface area contributed by atoms with Crippen LogP contribution < -0.4 is 0 Å². The van der Waals surface area contributed by atoms with Crippen molar-refractivity contribution in [2.24, 2.45) is 5.92 Å². The Labute approximate surface area is 160 Å². The average Bonchev–Trinajstić information content (AvgIpc) is 2.88. The van der Waals surface area contributed by atoms with E-state index in [0.717, 1.165) is 17.0 Å². The molecule has 6 nitrogen and oxygen atoms in total. The Morgan fingerprint density at radius 2 is 1.81 bits per heavy atom. The van der Waals surface area contributed by atoms with Crippen molar-refractivity contribution in [1.82, 2.24) is 14.7 Å². The van der Waals surface area contributed by atoms with Crippen LogP contribution in [0.5, 0.6) is 0 Å². The lowest BCUT2D eigenvalue weighted by molar-refractivity contribution is -0.142. The minimum atomic E-state index is -0.890. The first-order valence-corrected chi connectivity index (χ1v) is 9.24. The molecule has 0 aliphatic carbocycles. The second-order valence-corrected chi connectivity index (χ2v) is 7.31. The molecule has 0 spiro atoms. The summed E-state index contributed by atoms with van der Waals surface area (Å²) in [7, 11) is 1.66. The highest BCUT2D eigenvalue weighted by Gasteiger charge is 2.19. The van der Waals surface area contributed by atoms with Crippen LogP contribution in [0.15, 0.2) is 24.3 Å². The number of aliphatic carboxylic acids is 1. The summed E-state index contributed by atoms with van der Waals surface area (Å²) in [6.07, 6.45) is 0.955. The summed E-state index contributed by atoms with van der Waals surface area (Å²) in [5.41, 5.74) is 5.52. The van der Waals surface area contributed by atoms with Crippen LogP contribution in [0, 0.1) is 26.7 Å². The number of hydrogen-bond donors (Lipinski definition) is 1. The van der Waals surface area contributed by atoms with E-state index in [4.69, 9.17) is 5.11 Å². The third kappa shape index (κ3) is 5.42. The lowest BCUT2D eigenvalue weighted by Crippen LogP contribution is -2.33. The van der Waals surface area contributed by atoms with Crippen molar-refractivity contribution in [3.63, 3.8) is 0 Å². The van der Waals surface area contributed by atoms with E-state index < -0.39 is 11.9 Å². The van der Waals surface area contributed by atoms with Crippen LogP contribution in [0.1, 0.15) is 41.4 Å². The van der Waals surface area contributed by atoms with Crippen molar-refractivity contribution in [2.45, 2.75) is 47.1 Å². The third-order valence-electron chi connectivity index (χ3n) is 4.97. The minimum absolute atomic E-state index is 0.0480. The smallest absolute Gasteiger partial charge is 0.308 e. The summed E-state index contributed by atoms with van der Waals surface area (Å²) in [6.45, 7) is 8.60. The maximum Gasteiger partial charge on any atom is 0.308 e. The molecule has 0 aliphatic rings. The summed E-state index contributed by atoms with van der Waals surface area (Å²) in [5.74, 6) is -1.51. The number of aromatic nitrogens is 2. The fourth-order valence-electron chi connectivity index (χ4n) is 3.13. The Morgan fingerprint density at radius 3 is 2.41 bits per heavy atom. The maximum atomic E-state index is 12.3. The zero-order valence-corrected chi connectivity index (χ0v) is 16.8. The molecular formula is C21H29N3O3. The molecule has 0 radical (unpaired) electrons. The molecule has 0 fully saturated rings. The third-order valence-corrected chi connectivity index (χ3v) is 4.97. The first-order valence-electron chi connectivity index (χ1n) is 9.24. The normalized spacial score (nSPS) is 12.0. The molecule has 146 valence electrons. The van der Waals surface area contributed by atoms with Crippen LogP contribution in [0.25, 0.3) is 0 Å². The summed E-state index contributed by atoms with van der Waals surface area (Å²) in [4.78, 5) is 24.8. The van der Waals surface area contributed by atoms with Crippen LogP contribution in [-0.2, 0) is 22.6 Å². The predicted octanol–water partition coefficient (Wildman–Crippen LogP) is 2.97. The van der Waals surface area contributed by atoms with Gasteiger partial charge in [0.2, 0.25) is 5.91 Å². The molecule has 0 saturated heterocycles. The Hall–Kier alpha value is -2.63. The summed E-state index contributed by atoms with van der Waals surface area (Å²) in [6, 6.07) is 8.39. The minimum Gasteiger partial charge on any atom is -0.481 e. The molecule has 1 heterocycles. The number of carbonyl (C=O) groups is 2. The molecule has 1 N–H and O–H groups in total. The lowest BCUT2D eigenvalue weighted by atomic mass is 10.1. The second kappa shape index (κ2) is 8.84. The first kappa shape index (κ1) is 20.7. The number of hydrogen-bond acceptors (Lipinski definition) is 3. The Morgan fingerprint density at radius 1 is 1.19 bits per heavy atom. The largest absolute Gasteiger partial charge is 0.481 e. The molecular weight excluding hydrogens is 342 g/mol. The Kier molecular flexibility index (Phi) is 6.77. The van der Waals surface area contributed by atoms with Crippen LogP contribution in [-0.4, -0.2) is 45.3 Å². The molecule has 2 rings (SSSR count). The lowest BCUT2D eigenvalue weighted by Gasteiger charge is -2.19. The van der Waals surface area contributed by atoms with E-state index in [1.807, 2.05) is 18.5 Å². The van der Waals surface area contributed by atoms with Gasteiger partial charge in [-0.15, -0.1) is 0 Å².